The fourth-order valence-electron chi connectivity index (χ4n) is 0.659. The molecule has 76 valence electrons. The molecule has 1 unspecified atom stereocenters. The van der Waals surface area contributed by atoms with E-state index in [2.05, 4.69) is 0 Å². The van der Waals surface area contributed by atoms with E-state index in [1.807, 2.05) is 6.92 Å². The first-order valence-electron chi connectivity index (χ1n) is 4.02. The van der Waals surface area contributed by atoms with Crippen LogP contribution in [0.4, 0.5) is 0 Å². The maximum Gasteiger partial charge on any atom is 0.191 e. The maximum atomic E-state index is 10.9. The molecule has 0 spiro atoms. The molecule has 0 aliphatic heterocycles. The normalized spacial score (nSPS) is 12.2. The van der Waals surface area contributed by atoms with Gasteiger partial charge in [0.15, 0.2) is 8.03 Å². The van der Waals surface area contributed by atoms with Crippen LogP contribution in [-0.4, -0.2) is 18.6 Å². The summed E-state index contributed by atoms with van der Waals surface area (Å²) < 4.78 is 16.0. The minimum Gasteiger partial charge on any atom is -0.330 e. The molecule has 1 atom stereocenters. The molecule has 0 saturated heterocycles. The van der Waals surface area contributed by atoms with Crippen LogP contribution in [0.15, 0.2) is 0 Å². The van der Waals surface area contributed by atoms with Gasteiger partial charge in [0.25, 0.3) is 0 Å². The third kappa shape index (κ3) is 11.0. The smallest absolute Gasteiger partial charge is 0.191 e. The van der Waals surface area contributed by atoms with Gasteiger partial charge in [-0.25, -0.2) is 0 Å². The van der Waals surface area contributed by atoms with E-state index in [0.29, 0.717) is 18.6 Å². The van der Waals surface area contributed by atoms with Crippen molar-refractivity contribution in [3.8, 4) is 0 Å². The molecule has 0 aromatic heterocycles. The standard InChI is InChI=1S/C7H16ClO2P.Fe/c1-2-7-11(9)10-6-4-3-5-8;/h11H,2-7H2,1H3;. The molecule has 0 amide bonds. The van der Waals surface area contributed by atoms with Crippen molar-refractivity contribution in [2.24, 2.45) is 0 Å². The van der Waals surface area contributed by atoms with Gasteiger partial charge in [0.2, 0.25) is 0 Å². The molecule has 0 rings (SSSR count). The second kappa shape index (κ2) is 12.0. The van der Waals surface area contributed by atoms with Crippen molar-refractivity contribution in [2.75, 3.05) is 18.6 Å². The van der Waals surface area contributed by atoms with E-state index < -0.39 is 8.03 Å². The largest absolute Gasteiger partial charge is 0.330 e. The number of alkyl halides is 1. The van der Waals surface area contributed by atoms with Gasteiger partial charge >= 0.3 is 0 Å². The third-order valence-electron chi connectivity index (χ3n) is 1.25. The zero-order chi connectivity index (χ0) is 8.53. The molecular formula is C7H16ClFeO2P. The zero-order valence-electron chi connectivity index (χ0n) is 7.29. The summed E-state index contributed by atoms with van der Waals surface area (Å²) in [6.45, 7) is 2.61. The molecule has 12 heavy (non-hydrogen) atoms. The number of rotatable bonds is 7. The van der Waals surface area contributed by atoms with Crippen molar-refractivity contribution in [1.29, 1.82) is 0 Å². The summed E-state index contributed by atoms with van der Waals surface area (Å²) in [4.78, 5) is 0. The molecule has 0 N–H and O–H groups in total. The van der Waals surface area contributed by atoms with Gasteiger partial charge in [-0.3, -0.25) is 4.57 Å². The molecule has 0 aliphatic rings. The Bertz CT molecular complexity index is 114. The summed E-state index contributed by atoms with van der Waals surface area (Å²) in [6, 6.07) is 0. The Morgan fingerprint density at radius 2 is 2.08 bits per heavy atom. The fraction of sp³-hybridized carbons (Fsp3) is 1.00. The van der Waals surface area contributed by atoms with E-state index in [1.165, 1.54) is 0 Å². The summed E-state index contributed by atoms with van der Waals surface area (Å²) in [5, 5.41) is 0. The SMILES string of the molecule is CCC[PH](=O)OCCCCCl.[Fe]. The maximum absolute atomic E-state index is 10.9. The average molecular weight is 254 g/mol. The first kappa shape index (κ1) is 15.5. The van der Waals surface area contributed by atoms with Crippen LogP contribution in [-0.2, 0) is 26.2 Å². The van der Waals surface area contributed by atoms with Crippen molar-refractivity contribution >= 4 is 19.6 Å². The topological polar surface area (TPSA) is 26.3 Å². The Balaban J connectivity index is 0. The predicted octanol–water partition coefficient (Wildman–Crippen LogP) is 2.90. The van der Waals surface area contributed by atoms with Crippen LogP contribution in [0.1, 0.15) is 26.2 Å². The second-order valence-corrected chi connectivity index (χ2v) is 4.28. The van der Waals surface area contributed by atoms with Crippen molar-refractivity contribution < 1.29 is 26.2 Å². The Morgan fingerprint density at radius 1 is 1.42 bits per heavy atom. The number of hydrogen-bond donors (Lipinski definition) is 0. The summed E-state index contributed by atoms with van der Waals surface area (Å²) >= 11 is 5.45. The summed E-state index contributed by atoms with van der Waals surface area (Å²) in [5.74, 6) is 0.665. The summed E-state index contributed by atoms with van der Waals surface area (Å²) in [6.07, 6.45) is 3.52. The van der Waals surface area contributed by atoms with Crippen LogP contribution in [0.5, 0.6) is 0 Å². The van der Waals surface area contributed by atoms with Crippen molar-refractivity contribution in [2.45, 2.75) is 26.2 Å². The molecule has 0 saturated carbocycles. The van der Waals surface area contributed by atoms with Gasteiger partial charge < -0.3 is 4.52 Å². The Labute approximate surface area is 90.7 Å². The Kier molecular flexibility index (Phi) is 15.5. The summed E-state index contributed by atoms with van der Waals surface area (Å²) in [5.41, 5.74) is 0. The van der Waals surface area contributed by atoms with Crippen molar-refractivity contribution in [1.82, 2.24) is 0 Å². The van der Waals surface area contributed by atoms with E-state index in [-0.39, 0.29) is 17.1 Å². The van der Waals surface area contributed by atoms with E-state index in [0.717, 1.165) is 19.3 Å². The Morgan fingerprint density at radius 3 is 2.58 bits per heavy atom. The summed E-state index contributed by atoms with van der Waals surface area (Å²) in [7, 11) is -1.71. The van der Waals surface area contributed by atoms with Crippen LogP contribution in [0.3, 0.4) is 0 Å². The van der Waals surface area contributed by atoms with Crippen LogP contribution < -0.4 is 0 Å². The first-order chi connectivity index (χ1) is 5.31. The second-order valence-electron chi connectivity index (χ2n) is 2.37. The van der Waals surface area contributed by atoms with Gasteiger partial charge in [0.05, 0.1) is 6.61 Å². The number of halogens is 1. The molecule has 0 aromatic carbocycles. The number of unbranched alkanes of at least 4 members (excludes halogenated alkanes) is 1. The van der Waals surface area contributed by atoms with E-state index in [9.17, 15) is 4.57 Å². The van der Waals surface area contributed by atoms with Gasteiger partial charge in [0, 0.05) is 29.1 Å². The fourth-order valence-corrected chi connectivity index (χ4v) is 1.77. The van der Waals surface area contributed by atoms with Gasteiger partial charge in [-0.15, -0.1) is 11.6 Å². The molecule has 0 aliphatic carbocycles. The van der Waals surface area contributed by atoms with E-state index in [4.69, 9.17) is 16.1 Å². The third-order valence-corrected chi connectivity index (χ3v) is 2.95. The number of hydrogen-bond acceptors (Lipinski definition) is 2. The van der Waals surface area contributed by atoms with Gasteiger partial charge in [-0.05, 0) is 19.3 Å². The van der Waals surface area contributed by atoms with E-state index in [1.54, 1.807) is 0 Å². The molecule has 0 fully saturated rings. The van der Waals surface area contributed by atoms with Crippen molar-refractivity contribution in [3.63, 3.8) is 0 Å². The minimum atomic E-state index is -1.71. The molecule has 0 radical (unpaired) electrons. The molecule has 0 heterocycles. The van der Waals surface area contributed by atoms with Gasteiger partial charge in [0.1, 0.15) is 0 Å². The van der Waals surface area contributed by atoms with Crippen LogP contribution in [0.2, 0.25) is 0 Å². The molecule has 0 aromatic rings. The molecule has 0 bridgehead atoms. The monoisotopic (exact) mass is 254 g/mol. The van der Waals surface area contributed by atoms with Crippen LogP contribution >= 0.6 is 19.6 Å². The van der Waals surface area contributed by atoms with Crippen molar-refractivity contribution in [3.05, 3.63) is 0 Å². The molecule has 2 nitrogen and oxygen atoms in total. The predicted molar refractivity (Wildman–Crippen MR) is 50.1 cm³/mol. The molecular weight excluding hydrogens is 238 g/mol. The van der Waals surface area contributed by atoms with E-state index >= 15 is 0 Å². The first-order valence-corrected chi connectivity index (χ1v) is 6.08. The average Bonchev–Trinajstić information content (AvgIpc) is 1.99. The van der Waals surface area contributed by atoms with Gasteiger partial charge in [-0.2, -0.15) is 0 Å². The Hall–Kier alpha value is 0.999. The quantitative estimate of drug-likeness (QED) is 0.302. The van der Waals surface area contributed by atoms with Crippen LogP contribution in [0, 0.1) is 0 Å². The molecule has 5 heteroatoms. The van der Waals surface area contributed by atoms with Crippen LogP contribution in [0.25, 0.3) is 0 Å². The zero-order valence-corrected chi connectivity index (χ0v) is 10.2. The minimum absolute atomic E-state index is 0. The van der Waals surface area contributed by atoms with Gasteiger partial charge in [-0.1, -0.05) is 6.92 Å².